The number of rotatable bonds is 4. The van der Waals surface area contributed by atoms with Crippen molar-refractivity contribution < 1.29 is 13.2 Å². The van der Waals surface area contributed by atoms with Gasteiger partial charge in [-0.1, -0.05) is 26.0 Å². The maximum atomic E-state index is 12.0. The molecular formula is C14H17NO3S. The van der Waals surface area contributed by atoms with Gasteiger partial charge in [-0.15, -0.1) is 0 Å². The zero-order chi connectivity index (χ0) is 14.2. The van der Waals surface area contributed by atoms with Gasteiger partial charge in [-0.3, -0.25) is 4.79 Å². The third kappa shape index (κ3) is 3.04. The lowest BCUT2D eigenvalue weighted by Crippen LogP contribution is -2.14. The van der Waals surface area contributed by atoms with Gasteiger partial charge in [0.05, 0.1) is 0 Å². The third-order valence-electron chi connectivity index (χ3n) is 3.07. The number of aromatic nitrogens is 1. The Morgan fingerprint density at radius 1 is 1.32 bits per heavy atom. The second-order valence-electron chi connectivity index (χ2n) is 5.16. The van der Waals surface area contributed by atoms with E-state index in [-0.39, 0.29) is 5.78 Å². The number of hydrogen-bond donors (Lipinski definition) is 1. The van der Waals surface area contributed by atoms with Crippen LogP contribution in [0.1, 0.15) is 35.7 Å². The van der Waals surface area contributed by atoms with Gasteiger partial charge in [0.2, 0.25) is 0 Å². The van der Waals surface area contributed by atoms with Crippen molar-refractivity contribution >= 4 is 26.5 Å². The van der Waals surface area contributed by atoms with E-state index in [9.17, 15) is 13.2 Å². The largest absolute Gasteiger partial charge is 0.360 e. The van der Waals surface area contributed by atoms with Crippen molar-refractivity contribution in [2.75, 3.05) is 12.0 Å². The number of Topliss-reactive ketones (excluding diaryl/α,β-unsaturated/α-hetero) is 1. The molecule has 0 aliphatic rings. The average molecular weight is 279 g/mol. The minimum absolute atomic E-state index is 0.369. The molecule has 19 heavy (non-hydrogen) atoms. The molecule has 0 saturated heterocycles. The number of aromatic amines is 1. The number of carbonyl (C=O) groups is 1. The van der Waals surface area contributed by atoms with Crippen LogP contribution in [0.5, 0.6) is 0 Å². The van der Waals surface area contributed by atoms with E-state index in [1.54, 1.807) is 6.20 Å². The van der Waals surface area contributed by atoms with E-state index >= 15 is 0 Å². The molecule has 0 bridgehead atoms. The molecular weight excluding hydrogens is 262 g/mol. The highest BCUT2D eigenvalue weighted by molar-refractivity contribution is 7.91. The first kappa shape index (κ1) is 13.8. The van der Waals surface area contributed by atoms with Crippen molar-refractivity contribution in [3.8, 4) is 0 Å². The monoisotopic (exact) mass is 279 g/mol. The van der Waals surface area contributed by atoms with Crippen LogP contribution in [-0.4, -0.2) is 31.2 Å². The minimum Gasteiger partial charge on any atom is -0.360 e. The molecule has 4 nitrogen and oxygen atoms in total. The number of fused-ring (bicyclic) bond motifs is 1. The second kappa shape index (κ2) is 4.81. The Bertz CT molecular complexity index is 726. The fraction of sp³-hybridized carbons (Fsp3) is 0.357. The van der Waals surface area contributed by atoms with Gasteiger partial charge >= 0.3 is 0 Å². The second-order valence-corrected chi connectivity index (χ2v) is 7.30. The summed E-state index contributed by atoms with van der Waals surface area (Å²) in [7, 11) is -3.30. The molecule has 0 atom stereocenters. The van der Waals surface area contributed by atoms with Crippen LogP contribution in [0.3, 0.4) is 0 Å². The van der Waals surface area contributed by atoms with Crippen LogP contribution >= 0.6 is 0 Å². The molecule has 5 heteroatoms. The SMILES string of the molecule is CC(C)c1ccc2c(C(=O)CS(C)(=O)=O)c[nH]c2c1. The molecule has 2 rings (SSSR count). The van der Waals surface area contributed by atoms with Crippen LogP contribution in [0.15, 0.2) is 24.4 Å². The molecule has 2 aromatic rings. The summed E-state index contributed by atoms with van der Waals surface area (Å²) >= 11 is 0. The molecule has 0 saturated carbocycles. The molecule has 0 fully saturated rings. The number of benzene rings is 1. The van der Waals surface area contributed by atoms with E-state index in [4.69, 9.17) is 0 Å². The zero-order valence-corrected chi connectivity index (χ0v) is 12.0. The van der Waals surface area contributed by atoms with E-state index in [1.807, 2.05) is 18.2 Å². The summed E-state index contributed by atoms with van der Waals surface area (Å²) in [6.45, 7) is 4.19. The van der Waals surface area contributed by atoms with Crippen molar-refractivity contribution in [3.63, 3.8) is 0 Å². The molecule has 1 N–H and O–H groups in total. The first-order valence-corrected chi connectivity index (χ1v) is 8.16. The predicted molar refractivity (Wildman–Crippen MR) is 76.4 cm³/mol. The predicted octanol–water partition coefficient (Wildman–Crippen LogP) is 2.52. The molecule has 1 aromatic carbocycles. The highest BCUT2D eigenvalue weighted by Gasteiger charge is 2.17. The van der Waals surface area contributed by atoms with Crippen LogP contribution in [0.2, 0.25) is 0 Å². The Kier molecular flexibility index (Phi) is 3.49. The van der Waals surface area contributed by atoms with E-state index in [0.717, 1.165) is 17.2 Å². The maximum Gasteiger partial charge on any atom is 0.179 e. The summed E-state index contributed by atoms with van der Waals surface area (Å²) < 4.78 is 22.4. The number of hydrogen-bond acceptors (Lipinski definition) is 3. The smallest absolute Gasteiger partial charge is 0.179 e. The third-order valence-corrected chi connectivity index (χ3v) is 3.85. The van der Waals surface area contributed by atoms with Gasteiger partial charge in [0.15, 0.2) is 15.6 Å². The van der Waals surface area contributed by atoms with Crippen molar-refractivity contribution in [3.05, 3.63) is 35.5 Å². The van der Waals surface area contributed by atoms with Gasteiger partial charge in [-0.2, -0.15) is 0 Å². The lowest BCUT2D eigenvalue weighted by atomic mass is 10.0. The number of carbonyl (C=O) groups excluding carboxylic acids is 1. The number of nitrogens with one attached hydrogen (secondary N) is 1. The first-order chi connectivity index (χ1) is 8.78. The summed E-state index contributed by atoms with van der Waals surface area (Å²) in [5.41, 5.74) is 2.48. The fourth-order valence-corrected chi connectivity index (χ4v) is 2.68. The molecule has 0 unspecified atom stereocenters. The Morgan fingerprint density at radius 2 is 2.00 bits per heavy atom. The van der Waals surface area contributed by atoms with Gasteiger partial charge in [0.1, 0.15) is 5.75 Å². The van der Waals surface area contributed by atoms with E-state index < -0.39 is 15.6 Å². The van der Waals surface area contributed by atoms with Gasteiger partial charge in [-0.25, -0.2) is 8.42 Å². The van der Waals surface area contributed by atoms with Crippen molar-refractivity contribution in [2.24, 2.45) is 0 Å². The Morgan fingerprint density at radius 3 is 2.58 bits per heavy atom. The standard InChI is InChI=1S/C14H17NO3S/c1-9(2)10-4-5-11-12(7-15-13(11)6-10)14(16)8-19(3,17)18/h4-7,9,15H,8H2,1-3H3. The highest BCUT2D eigenvalue weighted by Crippen LogP contribution is 2.24. The molecule has 1 aromatic heterocycles. The lowest BCUT2D eigenvalue weighted by molar-refractivity contribution is 0.102. The Labute approximate surface area is 112 Å². The fourth-order valence-electron chi connectivity index (χ4n) is 2.05. The normalized spacial score (nSPS) is 12.2. The lowest BCUT2D eigenvalue weighted by Gasteiger charge is -2.05. The van der Waals surface area contributed by atoms with Crippen molar-refractivity contribution in [1.82, 2.24) is 4.98 Å². The van der Waals surface area contributed by atoms with Crippen LogP contribution in [0.25, 0.3) is 10.9 Å². The molecule has 0 aliphatic carbocycles. The van der Waals surface area contributed by atoms with Gasteiger partial charge in [0, 0.05) is 28.9 Å². The Balaban J connectivity index is 2.44. The summed E-state index contributed by atoms with van der Waals surface area (Å²) in [5, 5.41) is 0.776. The average Bonchev–Trinajstić information content (AvgIpc) is 2.68. The topological polar surface area (TPSA) is 67.0 Å². The zero-order valence-electron chi connectivity index (χ0n) is 11.2. The highest BCUT2D eigenvalue weighted by atomic mass is 32.2. The number of sulfone groups is 1. The van der Waals surface area contributed by atoms with E-state index in [0.29, 0.717) is 11.5 Å². The summed E-state index contributed by atoms with van der Waals surface area (Å²) in [6, 6.07) is 5.84. The Hall–Kier alpha value is -1.62. The molecule has 0 radical (unpaired) electrons. The summed E-state index contributed by atoms with van der Waals surface area (Å²) in [5.74, 6) is -0.416. The molecule has 0 amide bonds. The summed E-state index contributed by atoms with van der Waals surface area (Å²) in [4.78, 5) is 15.0. The van der Waals surface area contributed by atoms with Crippen LogP contribution in [-0.2, 0) is 9.84 Å². The minimum atomic E-state index is -3.30. The van der Waals surface area contributed by atoms with Crippen LogP contribution in [0.4, 0.5) is 0 Å². The van der Waals surface area contributed by atoms with Crippen LogP contribution in [0, 0.1) is 0 Å². The quantitative estimate of drug-likeness (QED) is 0.874. The molecule has 0 spiro atoms. The van der Waals surface area contributed by atoms with Gasteiger partial charge in [-0.05, 0) is 17.5 Å². The van der Waals surface area contributed by atoms with Crippen molar-refractivity contribution in [1.29, 1.82) is 0 Å². The van der Waals surface area contributed by atoms with E-state index in [1.165, 1.54) is 5.56 Å². The number of ketones is 1. The first-order valence-electron chi connectivity index (χ1n) is 6.10. The molecule has 102 valence electrons. The summed E-state index contributed by atoms with van der Waals surface area (Å²) in [6.07, 6.45) is 2.65. The van der Waals surface area contributed by atoms with Crippen LogP contribution < -0.4 is 0 Å². The number of H-pyrrole nitrogens is 1. The molecule has 1 heterocycles. The van der Waals surface area contributed by atoms with Crippen molar-refractivity contribution in [2.45, 2.75) is 19.8 Å². The molecule has 0 aliphatic heterocycles. The van der Waals surface area contributed by atoms with Gasteiger partial charge < -0.3 is 4.98 Å². The maximum absolute atomic E-state index is 12.0. The van der Waals surface area contributed by atoms with E-state index in [2.05, 4.69) is 18.8 Å². The van der Waals surface area contributed by atoms with Gasteiger partial charge in [0.25, 0.3) is 0 Å².